The second-order valence-electron chi connectivity index (χ2n) is 7.56. The first kappa shape index (κ1) is 24.7. The molecule has 1 unspecified atom stereocenters. The average molecular weight is 532 g/mol. The summed E-state index contributed by atoms with van der Waals surface area (Å²) in [5.41, 5.74) is 1.28. The maximum absolute atomic E-state index is 13.9. The van der Waals surface area contributed by atoms with Crippen molar-refractivity contribution in [2.45, 2.75) is 25.7 Å². The van der Waals surface area contributed by atoms with E-state index >= 15 is 0 Å². The molecule has 0 aliphatic rings. The summed E-state index contributed by atoms with van der Waals surface area (Å²) in [6.45, 7) is 5.38. The third-order valence-electron chi connectivity index (χ3n) is 4.41. The molecule has 0 radical (unpaired) electrons. The number of rotatable bonds is 7. The van der Waals surface area contributed by atoms with Crippen LogP contribution in [0.15, 0.2) is 53.7 Å². The quantitative estimate of drug-likeness (QED) is 0.426. The van der Waals surface area contributed by atoms with Gasteiger partial charge in [0.1, 0.15) is 0 Å². The molecule has 0 fully saturated rings. The summed E-state index contributed by atoms with van der Waals surface area (Å²) < 4.78 is 39.9. The molecular weight excluding hydrogens is 507 g/mol. The van der Waals surface area contributed by atoms with E-state index in [2.05, 4.69) is 15.0 Å². The molecule has 0 bridgehead atoms. The molecule has 0 aliphatic carbocycles. The Morgan fingerprint density at radius 3 is 2.48 bits per heavy atom. The van der Waals surface area contributed by atoms with Crippen LogP contribution in [0.25, 0.3) is 11.3 Å². The van der Waals surface area contributed by atoms with Gasteiger partial charge in [-0.1, -0.05) is 13.8 Å². The van der Waals surface area contributed by atoms with Crippen LogP contribution < -0.4 is 13.4 Å². The number of aryl methyl sites for hydroxylation is 1. The number of hydrogen-bond acceptors (Lipinski definition) is 8. The summed E-state index contributed by atoms with van der Waals surface area (Å²) in [6, 6.07) is 10.2. The molecule has 0 aliphatic heterocycles. The van der Waals surface area contributed by atoms with Crippen LogP contribution in [-0.4, -0.2) is 60.0 Å². The number of ether oxygens (including phenoxy) is 2. The molecule has 2 heterocycles. The van der Waals surface area contributed by atoms with Crippen molar-refractivity contribution in [2.24, 2.45) is 5.92 Å². The van der Waals surface area contributed by atoms with Crippen LogP contribution in [0.4, 0.5) is 10.6 Å². The zero-order valence-corrected chi connectivity index (χ0v) is 22.0. The van der Waals surface area contributed by atoms with Gasteiger partial charge in [0.15, 0.2) is 0 Å². The molecule has 11 heteroatoms. The molecule has 0 spiro atoms. The first-order valence-electron chi connectivity index (χ1n) is 10.1. The second kappa shape index (κ2) is 10.3. The number of sulfonamides is 1. The topological polar surface area (TPSA) is 112 Å². The number of amides is 1. The number of carbonyl (C=O) groups excluding carboxylic acids is 1. The van der Waals surface area contributed by atoms with Gasteiger partial charge in [-0.15, -0.1) is 0 Å². The molecule has 1 amide bonds. The Morgan fingerprint density at radius 2 is 1.85 bits per heavy atom. The van der Waals surface area contributed by atoms with Crippen LogP contribution >= 0.6 is 0 Å². The van der Waals surface area contributed by atoms with Gasteiger partial charge in [-0.05, 0) is 6.92 Å². The van der Waals surface area contributed by atoms with Crippen LogP contribution in [0.2, 0.25) is 0 Å². The Morgan fingerprint density at radius 1 is 1.15 bits per heavy atom. The van der Waals surface area contributed by atoms with E-state index in [1.165, 1.54) is 48.5 Å². The summed E-state index contributed by atoms with van der Waals surface area (Å²) in [4.78, 5) is 25.5. The van der Waals surface area contributed by atoms with Crippen LogP contribution in [0.1, 0.15) is 19.5 Å². The number of nitrogens with zero attached hydrogens (tertiary/aromatic N) is 4. The summed E-state index contributed by atoms with van der Waals surface area (Å²) in [5.74, 6) is -0.422. The zero-order chi connectivity index (χ0) is 24.2. The third kappa shape index (κ3) is 5.51. The van der Waals surface area contributed by atoms with Crippen LogP contribution in [0, 0.1) is 12.8 Å². The number of anilines is 1. The number of methoxy groups -OCH3 is 1. The number of pyridine rings is 1. The molecule has 3 aromatic rings. The average Bonchev–Trinajstić information content (AvgIpc) is 2.79. The SMILES string of the molecule is COc1nc(C)cnc1N(C(=O)OCC(C)C)S(=O)(=O)c1cccnc1-c1ccc([AsH2])cc1. The summed E-state index contributed by atoms with van der Waals surface area (Å²) in [6.07, 6.45) is 1.73. The Kier molecular flexibility index (Phi) is 7.71. The first-order valence-corrected chi connectivity index (χ1v) is 12.7. The van der Waals surface area contributed by atoms with Gasteiger partial charge in [-0.2, -0.15) is 0 Å². The van der Waals surface area contributed by atoms with E-state index in [0.717, 1.165) is 4.35 Å². The molecule has 3 rings (SSSR count). The van der Waals surface area contributed by atoms with Crippen molar-refractivity contribution in [3.05, 3.63) is 54.5 Å². The maximum atomic E-state index is 13.9. The monoisotopic (exact) mass is 532 g/mol. The van der Waals surface area contributed by atoms with Gasteiger partial charge < -0.3 is 0 Å². The van der Waals surface area contributed by atoms with Crippen LogP contribution in [-0.2, 0) is 14.8 Å². The fourth-order valence-corrected chi connectivity index (χ4v) is 4.74. The van der Waals surface area contributed by atoms with Gasteiger partial charge in [-0.3, -0.25) is 0 Å². The molecule has 0 saturated carbocycles. The molecule has 1 aromatic carbocycles. The Bertz CT molecular complexity index is 1250. The molecule has 9 nitrogen and oxygen atoms in total. The van der Waals surface area contributed by atoms with E-state index in [0.29, 0.717) is 15.6 Å². The van der Waals surface area contributed by atoms with Crippen molar-refractivity contribution in [1.82, 2.24) is 15.0 Å². The van der Waals surface area contributed by atoms with Crippen molar-refractivity contribution < 1.29 is 22.7 Å². The van der Waals surface area contributed by atoms with E-state index in [1.807, 2.05) is 26.0 Å². The van der Waals surface area contributed by atoms with Crippen molar-refractivity contribution in [3.63, 3.8) is 0 Å². The summed E-state index contributed by atoms with van der Waals surface area (Å²) in [5, 5.41) is 0. The van der Waals surface area contributed by atoms with Gasteiger partial charge in [-0.25, -0.2) is 0 Å². The van der Waals surface area contributed by atoms with E-state index in [1.54, 1.807) is 19.1 Å². The van der Waals surface area contributed by atoms with Crippen molar-refractivity contribution in [3.8, 4) is 17.1 Å². The first-order chi connectivity index (χ1) is 15.6. The Labute approximate surface area is 201 Å². The van der Waals surface area contributed by atoms with Gasteiger partial charge in [0.25, 0.3) is 0 Å². The van der Waals surface area contributed by atoms with Crippen molar-refractivity contribution >= 4 is 43.1 Å². The number of hydrogen-bond donors (Lipinski definition) is 0. The predicted octanol–water partition coefficient (Wildman–Crippen LogP) is 2.10. The fourth-order valence-electron chi connectivity index (χ4n) is 2.87. The Balaban J connectivity index is 2.21. The minimum absolute atomic E-state index is 0.00684. The standard InChI is InChI=1S/C22H25AsN4O5S/c1-14(2)13-32-22(28)27(20-21(31-4)26-15(3)12-25-20)33(29,30)18-6-5-11-24-19(18)16-7-9-17(23)10-8-16/h5-12,14H,13,23H2,1-4H3. The van der Waals surface area contributed by atoms with Crippen LogP contribution in [0.5, 0.6) is 5.88 Å². The van der Waals surface area contributed by atoms with Gasteiger partial charge in [0, 0.05) is 0 Å². The predicted molar refractivity (Wildman–Crippen MR) is 127 cm³/mol. The molecule has 2 aromatic heterocycles. The fraction of sp³-hybridized carbons (Fsp3) is 0.273. The normalized spacial score (nSPS) is 11.3. The van der Waals surface area contributed by atoms with Gasteiger partial charge >= 0.3 is 181 Å². The van der Waals surface area contributed by atoms with Crippen molar-refractivity contribution in [2.75, 3.05) is 18.0 Å². The van der Waals surface area contributed by atoms with Gasteiger partial charge in [0.2, 0.25) is 0 Å². The molecule has 0 saturated heterocycles. The van der Waals surface area contributed by atoms with E-state index in [9.17, 15) is 13.2 Å². The number of aromatic nitrogens is 3. The summed E-state index contributed by atoms with van der Waals surface area (Å²) in [7, 11) is -3.20. The third-order valence-corrected chi connectivity index (χ3v) is 6.90. The zero-order valence-electron chi connectivity index (χ0n) is 18.7. The molecule has 0 N–H and O–H groups in total. The second-order valence-corrected chi connectivity index (χ2v) is 10.7. The minimum atomic E-state index is -4.52. The van der Waals surface area contributed by atoms with E-state index in [-0.39, 0.29) is 34.8 Å². The van der Waals surface area contributed by atoms with E-state index in [4.69, 9.17) is 9.47 Å². The van der Waals surface area contributed by atoms with E-state index < -0.39 is 16.1 Å². The molecule has 33 heavy (non-hydrogen) atoms. The summed E-state index contributed by atoms with van der Waals surface area (Å²) >= 11 is 1.45. The molecule has 174 valence electrons. The number of carbonyl (C=O) groups is 1. The number of benzene rings is 1. The van der Waals surface area contributed by atoms with Crippen LogP contribution in [0.3, 0.4) is 0 Å². The molecule has 1 atom stereocenters. The Hall–Kier alpha value is -2.97. The van der Waals surface area contributed by atoms with Gasteiger partial charge in [0.05, 0.1) is 0 Å². The van der Waals surface area contributed by atoms with Crippen molar-refractivity contribution in [1.29, 1.82) is 0 Å². The molecular formula is C22H25AsN4O5S.